The van der Waals surface area contributed by atoms with Crippen molar-refractivity contribution in [3.05, 3.63) is 89.2 Å². The average molecular weight is 386 g/mol. The minimum absolute atomic E-state index is 0.283. The normalized spacial score (nSPS) is 14.8. The molecule has 3 aromatic rings. The topological polar surface area (TPSA) is 31.4 Å². The van der Waals surface area contributed by atoms with Crippen LogP contribution < -0.4 is 9.47 Å². The molecular formula is C26H27NO2. The lowest BCUT2D eigenvalue weighted by molar-refractivity contribution is 0.201. The van der Waals surface area contributed by atoms with Crippen molar-refractivity contribution < 1.29 is 9.47 Å². The molecule has 1 fully saturated rings. The number of rotatable bonds is 6. The number of ether oxygens (including phenoxy) is 2. The molecule has 0 unspecified atom stereocenters. The highest BCUT2D eigenvalue weighted by Crippen LogP contribution is 2.36. The number of benzene rings is 2. The van der Waals surface area contributed by atoms with Gasteiger partial charge in [-0.25, -0.2) is 0 Å². The molecule has 0 atom stereocenters. The zero-order valence-corrected chi connectivity index (χ0v) is 17.1. The van der Waals surface area contributed by atoms with Gasteiger partial charge in [0.25, 0.3) is 0 Å². The summed E-state index contributed by atoms with van der Waals surface area (Å²) in [5.41, 5.74) is 5.79. The Hall–Kier alpha value is -3.07. The van der Waals surface area contributed by atoms with E-state index in [-0.39, 0.29) is 6.10 Å². The van der Waals surface area contributed by atoms with Crippen molar-refractivity contribution in [2.45, 2.75) is 38.7 Å². The van der Waals surface area contributed by atoms with Crippen LogP contribution >= 0.6 is 0 Å². The molecular weight excluding hydrogens is 358 g/mol. The Morgan fingerprint density at radius 2 is 1.59 bits per heavy atom. The Morgan fingerprint density at radius 3 is 2.28 bits per heavy atom. The van der Waals surface area contributed by atoms with E-state index in [1.54, 1.807) is 7.11 Å². The van der Waals surface area contributed by atoms with E-state index in [1.165, 1.54) is 24.0 Å². The summed E-state index contributed by atoms with van der Waals surface area (Å²) in [6.07, 6.45) is 10.8. The van der Waals surface area contributed by atoms with E-state index < -0.39 is 0 Å². The fourth-order valence-corrected chi connectivity index (χ4v) is 3.81. The minimum Gasteiger partial charge on any atom is -0.493 e. The molecule has 0 bridgehead atoms. The molecule has 1 aliphatic rings. The largest absolute Gasteiger partial charge is 0.493 e. The van der Waals surface area contributed by atoms with Gasteiger partial charge in [0.05, 0.1) is 13.2 Å². The molecule has 3 heteroatoms. The van der Waals surface area contributed by atoms with E-state index >= 15 is 0 Å². The fourth-order valence-electron chi connectivity index (χ4n) is 3.81. The smallest absolute Gasteiger partial charge is 0.162 e. The number of nitrogens with zero attached hydrogens (tertiary/aromatic N) is 1. The highest BCUT2D eigenvalue weighted by molar-refractivity contribution is 5.92. The average Bonchev–Trinajstić information content (AvgIpc) is 3.27. The van der Waals surface area contributed by atoms with Crippen LogP contribution in [0.15, 0.2) is 67.0 Å². The highest BCUT2D eigenvalue weighted by atomic mass is 16.5. The SMILES string of the molecule is COc1ccc(/C(=C/c2ccncc2)c2ccc(C)cc2)cc1OC1CCCC1. The van der Waals surface area contributed by atoms with Crippen molar-refractivity contribution in [3.8, 4) is 11.5 Å². The van der Waals surface area contributed by atoms with Crippen molar-refractivity contribution in [1.82, 2.24) is 4.98 Å². The Kier molecular flexibility index (Phi) is 5.95. The van der Waals surface area contributed by atoms with E-state index in [1.807, 2.05) is 30.6 Å². The highest BCUT2D eigenvalue weighted by Gasteiger charge is 2.19. The first kappa shape index (κ1) is 19.3. The maximum absolute atomic E-state index is 6.33. The second-order valence-electron chi connectivity index (χ2n) is 7.59. The van der Waals surface area contributed by atoms with Gasteiger partial charge in [0.1, 0.15) is 0 Å². The third-order valence-electron chi connectivity index (χ3n) is 5.45. The van der Waals surface area contributed by atoms with Crippen LogP contribution in [0.4, 0.5) is 0 Å². The number of hydrogen-bond acceptors (Lipinski definition) is 3. The molecule has 1 heterocycles. The Balaban J connectivity index is 1.77. The molecule has 29 heavy (non-hydrogen) atoms. The van der Waals surface area contributed by atoms with E-state index in [0.717, 1.165) is 41.0 Å². The number of pyridine rings is 1. The van der Waals surface area contributed by atoms with Crippen molar-refractivity contribution in [2.24, 2.45) is 0 Å². The van der Waals surface area contributed by atoms with Crippen LogP contribution in [0.25, 0.3) is 11.6 Å². The van der Waals surface area contributed by atoms with Gasteiger partial charge in [-0.1, -0.05) is 35.9 Å². The van der Waals surface area contributed by atoms with Crippen molar-refractivity contribution in [3.63, 3.8) is 0 Å². The fraction of sp³-hybridized carbons (Fsp3) is 0.269. The third-order valence-corrected chi connectivity index (χ3v) is 5.45. The summed E-state index contributed by atoms with van der Waals surface area (Å²) in [7, 11) is 1.70. The van der Waals surface area contributed by atoms with Gasteiger partial charge in [0.15, 0.2) is 11.5 Å². The van der Waals surface area contributed by atoms with Crippen molar-refractivity contribution in [1.29, 1.82) is 0 Å². The van der Waals surface area contributed by atoms with Crippen LogP contribution in [-0.4, -0.2) is 18.2 Å². The van der Waals surface area contributed by atoms with Gasteiger partial charge < -0.3 is 9.47 Å². The minimum atomic E-state index is 0.283. The van der Waals surface area contributed by atoms with Gasteiger partial charge in [0.2, 0.25) is 0 Å². The van der Waals surface area contributed by atoms with E-state index in [9.17, 15) is 0 Å². The Bertz CT molecular complexity index is 971. The molecule has 4 rings (SSSR count). The lowest BCUT2D eigenvalue weighted by atomic mass is 9.95. The van der Waals surface area contributed by atoms with E-state index in [0.29, 0.717) is 0 Å². The summed E-state index contributed by atoms with van der Waals surface area (Å²) < 4.78 is 11.9. The van der Waals surface area contributed by atoms with E-state index in [4.69, 9.17) is 9.47 Å². The second-order valence-corrected chi connectivity index (χ2v) is 7.59. The van der Waals surface area contributed by atoms with Gasteiger partial charge >= 0.3 is 0 Å². The van der Waals surface area contributed by atoms with Gasteiger partial charge in [-0.2, -0.15) is 0 Å². The zero-order chi connectivity index (χ0) is 20.1. The number of hydrogen-bond donors (Lipinski definition) is 0. The van der Waals surface area contributed by atoms with Gasteiger partial charge in [-0.3, -0.25) is 4.98 Å². The zero-order valence-electron chi connectivity index (χ0n) is 17.1. The lowest BCUT2D eigenvalue weighted by Gasteiger charge is -2.18. The molecule has 1 saturated carbocycles. The monoisotopic (exact) mass is 385 g/mol. The van der Waals surface area contributed by atoms with Crippen LogP contribution in [0.1, 0.15) is 47.9 Å². The quantitative estimate of drug-likeness (QED) is 0.498. The molecule has 2 aromatic carbocycles. The molecule has 0 aliphatic heterocycles. The number of aryl methyl sites for hydroxylation is 1. The molecule has 0 N–H and O–H groups in total. The van der Waals surface area contributed by atoms with Gasteiger partial charge in [-0.05, 0) is 85.2 Å². The van der Waals surface area contributed by atoms with Crippen LogP contribution in [0.2, 0.25) is 0 Å². The summed E-state index contributed by atoms with van der Waals surface area (Å²) in [6.45, 7) is 2.11. The van der Waals surface area contributed by atoms with Crippen LogP contribution in [0.5, 0.6) is 11.5 Å². The molecule has 3 nitrogen and oxygen atoms in total. The molecule has 0 radical (unpaired) electrons. The van der Waals surface area contributed by atoms with Gasteiger partial charge in [-0.15, -0.1) is 0 Å². The first-order valence-electron chi connectivity index (χ1n) is 10.3. The molecule has 148 valence electrons. The second kappa shape index (κ2) is 8.95. The van der Waals surface area contributed by atoms with Crippen LogP contribution in [-0.2, 0) is 0 Å². The van der Waals surface area contributed by atoms with Crippen molar-refractivity contribution >= 4 is 11.6 Å². The van der Waals surface area contributed by atoms with E-state index in [2.05, 4.69) is 54.4 Å². The maximum Gasteiger partial charge on any atom is 0.162 e. The predicted molar refractivity (Wildman–Crippen MR) is 118 cm³/mol. The Morgan fingerprint density at radius 1 is 0.897 bits per heavy atom. The third kappa shape index (κ3) is 4.68. The predicted octanol–water partition coefficient (Wildman–Crippen LogP) is 6.31. The summed E-state index contributed by atoms with van der Waals surface area (Å²) in [5, 5.41) is 0. The number of aromatic nitrogens is 1. The molecule has 0 spiro atoms. The van der Waals surface area contributed by atoms with Crippen LogP contribution in [0.3, 0.4) is 0 Å². The first-order chi connectivity index (χ1) is 14.2. The maximum atomic E-state index is 6.33. The van der Waals surface area contributed by atoms with Crippen LogP contribution in [0, 0.1) is 6.92 Å². The molecule has 0 amide bonds. The summed E-state index contributed by atoms with van der Waals surface area (Å²) in [5.74, 6) is 1.61. The van der Waals surface area contributed by atoms with Gasteiger partial charge in [0, 0.05) is 12.4 Å². The standard InChI is InChI=1S/C26H27NO2/c1-19-7-9-21(10-8-19)24(17-20-13-15-27-16-14-20)22-11-12-25(28-2)26(18-22)29-23-5-3-4-6-23/h7-18,23H,3-6H2,1-2H3/b24-17+. The summed E-state index contributed by atoms with van der Waals surface area (Å²) in [6, 6.07) is 18.9. The Labute approximate surface area is 173 Å². The summed E-state index contributed by atoms with van der Waals surface area (Å²) in [4.78, 5) is 4.14. The first-order valence-corrected chi connectivity index (χ1v) is 10.3. The summed E-state index contributed by atoms with van der Waals surface area (Å²) >= 11 is 0. The molecule has 1 aliphatic carbocycles. The number of methoxy groups -OCH3 is 1. The lowest BCUT2D eigenvalue weighted by Crippen LogP contribution is -2.11. The van der Waals surface area contributed by atoms with Crippen molar-refractivity contribution in [2.75, 3.05) is 7.11 Å². The molecule has 1 aromatic heterocycles. The molecule has 0 saturated heterocycles.